The summed E-state index contributed by atoms with van der Waals surface area (Å²) in [5, 5.41) is 2.60. The number of alkyl halides is 3. The monoisotopic (exact) mass is 397 g/mol. The molecule has 2 aromatic carbocycles. The molecule has 27 heavy (non-hydrogen) atoms. The number of para-hydroxylation sites is 1. The van der Waals surface area contributed by atoms with Crippen molar-refractivity contribution in [2.24, 2.45) is 0 Å². The molecule has 0 unspecified atom stereocenters. The zero-order valence-electron chi connectivity index (χ0n) is 14.7. The van der Waals surface area contributed by atoms with Crippen LogP contribution in [0.3, 0.4) is 0 Å². The average molecular weight is 397 g/mol. The summed E-state index contributed by atoms with van der Waals surface area (Å²) >= 11 is 0.623. The first-order chi connectivity index (χ1) is 12.8. The summed E-state index contributed by atoms with van der Waals surface area (Å²) in [5.74, 6) is -0.345. The Morgan fingerprint density at radius 3 is 2.33 bits per heavy atom. The minimum atomic E-state index is -4.28. The van der Waals surface area contributed by atoms with Gasteiger partial charge in [0, 0.05) is 17.0 Å². The second kappa shape index (κ2) is 9.36. The lowest BCUT2D eigenvalue weighted by atomic mass is 10.2. The van der Waals surface area contributed by atoms with Crippen molar-refractivity contribution in [3.05, 3.63) is 54.1 Å². The highest BCUT2D eigenvalue weighted by Gasteiger charge is 2.27. The fourth-order valence-electron chi connectivity index (χ4n) is 2.13. The number of methoxy groups -OCH3 is 2. The van der Waals surface area contributed by atoms with Crippen molar-refractivity contribution in [3.8, 4) is 11.5 Å². The number of ether oxygens (including phenoxy) is 2. The van der Waals surface area contributed by atoms with E-state index >= 15 is 0 Å². The van der Waals surface area contributed by atoms with Crippen LogP contribution in [0.2, 0.25) is 0 Å². The van der Waals surface area contributed by atoms with Gasteiger partial charge in [0.05, 0.1) is 25.7 Å². The number of amides is 1. The molecule has 8 heteroatoms. The van der Waals surface area contributed by atoms with E-state index in [4.69, 9.17) is 9.47 Å². The van der Waals surface area contributed by atoms with E-state index in [9.17, 15) is 18.0 Å². The van der Waals surface area contributed by atoms with Gasteiger partial charge in [-0.05, 0) is 35.9 Å². The number of anilines is 1. The third kappa shape index (κ3) is 6.90. The van der Waals surface area contributed by atoms with Gasteiger partial charge < -0.3 is 14.8 Å². The van der Waals surface area contributed by atoms with Gasteiger partial charge in [0.25, 0.3) is 0 Å². The Morgan fingerprint density at radius 2 is 1.74 bits per heavy atom. The fourth-order valence-corrected chi connectivity index (χ4v) is 2.90. The Hall–Kier alpha value is -2.61. The molecule has 4 nitrogen and oxygen atoms in total. The maximum absolute atomic E-state index is 12.4. The molecule has 0 aliphatic carbocycles. The third-order valence-electron chi connectivity index (χ3n) is 3.34. The van der Waals surface area contributed by atoms with Gasteiger partial charge in [-0.15, -0.1) is 11.8 Å². The number of halogens is 3. The smallest absolute Gasteiger partial charge is 0.398 e. The van der Waals surface area contributed by atoms with E-state index in [-0.39, 0.29) is 0 Å². The lowest BCUT2D eigenvalue weighted by Crippen LogP contribution is -2.12. The van der Waals surface area contributed by atoms with Crippen LogP contribution in [0.1, 0.15) is 5.56 Å². The van der Waals surface area contributed by atoms with Crippen LogP contribution in [0.25, 0.3) is 6.08 Å². The van der Waals surface area contributed by atoms with Crippen LogP contribution in [-0.2, 0) is 4.79 Å². The molecular formula is C19H18F3NO3S. The Balaban J connectivity index is 2.09. The Morgan fingerprint density at radius 1 is 1.11 bits per heavy atom. The first-order valence-corrected chi connectivity index (χ1v) is 8.80. The maximum Gasteiger partial charge on any atom is 0.398 e. The quantitative estimate of drug-likeness (QED) is 0.527. The van der Waals surface area contributed by atoms with Crippen molar-refractivity contribution in [1.29, 1.82) is 0 Å². The van der Waals surface area contributed by atoms with Crippen LogP contribution < -0.4 is 14.8 Å². The van der Waals surface area contributed by atoms with E-state index in [2.05, 4.69) is 5.32 Å². The Bertz CT molecular complexity index is 800. The van der Waals surface area contributed by atoms with E-state index < -0.39 is 17.8 Å². The van der Waals surface area contributed by atoms with Crippen molar-refractivity contribution in [3.63, 3.8) is 0 Å². The molecule has 0 fully saturated rings. The molecule has 0 atom stereocenters. The SMILES string of the molecule is COc1cc(/C=C/C(=O)Nc2ccccc2SCC(F)(F)F)cc(OC)c1. The highest BCUT2D eigenvalue weighted by Crippen LogP contribution is 2.32. The summed E-state index contributed by atoms with van der Waals surface area (Å²) in [6.07, 6.45) is -1.43. The van der Waals surface area contributed by atoms with Crippen molar-refractivity contribution in [2.75, 3.05) is 25.3 Å². The molecule has 0 spiro atoms. The molecule has 2 rings (SSSR count). The lowest BCUT2D eigenvalue weighted by Gasteiger charge is -2.11. The highest BCUT2D eigenvalue weighted by atomic mass is 32.2. The molecule has 0 aliphatic rings. The van der Waals surface area contributed by atoms with E-state index in [0.29, 0.717) is 39.4 Å². The second-order valence-corrected chi connectivity index (χ2v) is 6.39. The number of hydrogen-bond acceptors (Lipinski definition) is 4. The highest BCUT2D eigenvalue weighted by molar-refractivity contribution is 7.99. The van der Waals surface area contributed by atoms with E-state index in [0.717, 1.165) is 0 Å². The van der Waals surface area contributed by atoms with Gasteiger partial charge in [-0.2, -0.15) is 13.2 Å². The number of rotatable bonds is 7. The number of benzene rings is 2. The van der Waals surface area contributed by atoms with Crippen molar-refractivity contribution >= 4 is 29.4 Å². The first-order valence-electron chi connectivity index (χ1n) is 7.81. The van der Waals surface area contributed by atoms with Gasteiger partial charge in [-0.1, -0.05) is 12.1 Å². The number of nitrogens with one attached hydrogen (secondary N) is 1. The summed E-state index contributed by atoms with van der Waals surface area (Å²) in [4.78, 5) is 12.5. The van der Waals surface area contributed by atoms with Crippen LogP contribution >= 0.6 is 11.8 Å². The number of carbonyl (C=O) groups is 1. The van der Waals surface area contributed by atoms with E-state index in [1.165, 1.54) is 26.4 Å². The number of carbonyl (C=O) groups excluding carboxylic acids is 1. The summed E-state index contributed by atoms with van der Waals surface area (Å²) in [6, 6.07) is 11.5. The molecule has 0 radical (unpaired) electrons. The van der Waals surface area contributed by atoms with E-state index in [1.807, 2.05) is 0 Å². The molecule has 1 N–H and O–H groups in total. The van der Waals surface area contributed by atoms with Gasteiger partial charge in [0.15, 0.2) is 0 Å². The van der Waals surface area contributed by atoms with Gasteiger partial charge >= 0.3 is 6.18 Å². The van der Waals surface area contributed by atoms with Crippen LogP contribution in [0, 0.1) is 0 Å². The van der Waals surface area contributed by atoms with Crippen molar-refractivity contribution < 1.29 is 27.4 Å². The zero-order valence-corrected chi connectivity index (χ0v) is 15.5. The molecule has 1 amide bonds. The molecule has 144 valence electrons. The van der Waals surface area contributed by atoms with Crippen LogP contribution in [0.5, 0.6) is 11.5 Å². The van der Waals surface area contributed by atoms with Gasteiger partial charge in [0.1, 0.15) is 11.5 Å². The molecule has 0 aliphatic heterocycles. The summed E-state index contributed by atoms with van der Waals surface area (Å²) in [6.45, 7) is 0. The second-order valence-electron chi connectivity index (χ2n) is 5.37. The first kappa shape index (κ1) is 20.7. The predicted molar refractivity (Wildman–Crippen MR) is 100 cm³/mol. The molecule has 0 aromatic heterocycles. The molecular weight excluding hydrogens is 379 g/mol. The van der Waals surface area contributed by atoms with E-state index in [1.54, 1.807) is 42.5 Å². The van der Waals surface area contributed by atoms with Gasteiger partial charge in [0.2, 0.25) is 5.91 Å². The van der Waals surface area contributed by atoms with Gasteiger partial charge in [-0.25, -0.2) is 0 Å². The molecule has 2 aromatic rings. The van der Waals surface area contributed by atoms with Crippen LogP contribution in [0.15, 0.2) is 53.4 Å². The molecule has 0 heterocycles. The summed E-state index contributed by atoms with van der Waals surface area (Å²) < 4.78 is 47.6. The Kier molecular flexibility index (Phi) is 7.18. The minimum Gasteiger partial charge on any atom is -0.497 e. The van der Waals surface area contributed by atoms with Crippen molar-refractivity contribution in [1.82, 2.24) is 0 Å². The summed E-state index contributed by atoms with van der Waals surface area (Å²) in [7, 11) is 3.04. The predicted octanol–water partition coefficient (Wildman–Crippen LogP) is 5.01. The van der Waals surface area contributed by atoms with Crippen LogP contribution in [0.4, 0.5) is 18.9 Å². The minimum absolute atomic E-state index is 0.324. The maximum atomic E-state index is 12.4. The average Bonchev–Trinajstić information content (AvgIpc) is 2.64. The van der Waals surface area contributed by atoms with Crippen LogP contribution in [-0.4, -0.2) is 32.1 Å². The topological polar surface area (TPSA) is 47.6 Å². The third-order valence-corrected chi connectivity index (χ3v) is 4.48. The molecule has 0 bridgehead atoms. The number of hydrogen-bond donors (Lipinski definition) is 1. The summed E-state index contributed by atoms with van der Waals surface area (Å²) in [5.41, 5.74) is 1.01. The van der Waals surface area contributed by atoms with Gasteiger partial charge in [-0.3, -0.25) is 4.79 Å². The lowest BCUT2D eigenvalue weighted by molar-refractivity contribution is -0.111. The Labute approximate surface area is 159 Å². The molecule has 0 saturated carbocycles. The number of thioether (sulfide) groups is 1. The standard InChI is InChI=1S/C19H18F3NO3S/c1-25-14-9-13(10-15(11-14)26-2)7-8-18(24)23-16-5-3-4-6-17(16)27-12-19(20,21)22/h3-11H,12H2,1-2H3,(H,23,24)/b8-7+. The van der Waals surface area contributed by atoms with Crippen molar-refractivity contribution in [2.45, 2.75) is 11.1 Å². The normalized spacial score (nSPS) is 11.4. The molecule has 0 saturated heterocycles. The fraction of sp³-hybridized carbons (Fsp3) is 0.211. The largest absolute Gasteiger partial charge is 0.497 e. The zero-order chi connectivity index (χ0) is 19.9.